The van der Waals surface area contributed by atoms with E-state index in [1.807, 2.05) is 0 Å². The van der Waals surface area contributed by atoms with Crippen LogP contribution in [0, 0.1) is 5.82 Å². The predicted molar refractivity (Wildman–Crippen MR) is 58.5 cm³/mol. The molecule has 0 unspecified atom stereocenters. The van der Waals surface area contributed by atoms with E-state index in [4.69, 9.17) is 5.14 Å². The SMILES string of the molecule is NS(=O)(=O)N1CC[C@@](F)(c2ccccc2F)C1. The number of nitrogens with two attached hydrogens (primary N) is 1. The first kappa shape index (κ1) is 12.4. The third-order valence-corrected chi connectivity index (χ3v) is 3.93. The molecule has 2 rings (SSSR count). The highest BCUT2D eigenvalue weighted by molar-refractivity contribution is 7.86. The third kappa shape index (κ3) is 2.31. The maximum atomic E-state index is 14.5. The molecule has 4 nitrogen and oxygen atoms in total. The minimum Gasteiger partial charge on any atom is -0.237 e. The molecule has 0 saturated carbocycles. The lowest BCUT2D eigenvalue weighted by Crippen LogP contribution is -2.37. The van der Waals surface area contributed by atoms with Gasteiger partial charge in [0.1, 0.15) is 5.82 Å². The van der Waals surface area contributed by atoms with Crippen molar-refractivity contribution in [3.63, 3.8) is 0 Å². The van der Waals surface area contributed by atoms with Gasteiger partial charge in [0.25, 0.3) is 10.2 Å². The van der Waals surface area contributed by atoms with E-state index < -0.39 is 28.2 Å². The van der Waals surface area contributed by atoms with Crippen molar-refractivity contribution >= 4 is 10.2 Å². The van der Waals surface area contributed by atoms with Crippen molar-refractivity contribution in [3.05, 3.63) is 35.6 Å². The van der Waals surface area contributed by atoms with E-state index in [9.17, 15) is 17.2 Å². The van der Waals surface area contributed by atoms with Crippen molar-refractivity contribution in [2.75, 3.05) is 13.1 Å². The van der Waals surface area contributed by atoms with Crippen molar-refractivity contribution in [1.82, 2.24) is 4.31 Å². The number of hydrogen-bond donors (Lipinski definition) is 1. The number of hydrogen-bond acceptors (Lipinski definition) is 2. The summed E-state index contributed by atoms with van der Waals surface area (Å²) in [6, 6.07) is 5.44. The van der Waals surface area contributed by atoms with Gasteiger partial charge in [0, 0.05) is 18.5 Å². The summed E-state index contributed by atoms with van der Waals surface area (Å²) in [6.07, 6.45) is -0.0929. The van der Waals surface area contributed by atoms with Gasteiger partial charge in [0.15, 0.2) is 5.67 Å². The van der Waals surface area contributed by atoms with Gasteiger partial charge in [-0.25, -0.2) is 13.9 Å². The summed E-state index contributed by atoms with van der Waals surface area (Å²) in [5.74, 6) is -0.675. The first-order valence-corrected chi connectivity index (χ1v) is 6.55. The van der Waals surface area contributed by atoms with E-state index in [1.165, 1.54) is 18.2 Å². The van der Waals surface area contributed by atoms with Crippen molar-refractivity contribution in [3.8, 4) is 0 Å². The summed E-state index contributed by atoms with van der Waals surface area (Å²) in [4.78, 5) is 0. The Kier molecular flexibility index (Phi) is 2.92. The standard InChI is InChI=1S/C10H12F2N2O2S/c11-9-4-2-1-3-8(9)10(12)5-6-14(7-10)17(13,15)16/h1-4H,5-7H2,(H2,13,15,16)/t10-/m0/s1. The van der Waals surface area contributed by atoms with Gasteiger partial charge in [-0.2, -0.15) is 12.7 Å². The van der Waals surface area contributed by atoms with Crippen molar-refractivity contribution in [1.29, 1.82) is 0 Å². The van der Waals surface area contributed by atoms with Crippen LogP contribution in [0.15, 0.2) is 24.3 Å². The van der Waals surface area contributed by atoms with Crippen LogP contribution in [0.4, 0.5) is 8.78 Å². The van der Waals surface area contributed by atoms with Gasteiger partial charge in [0.2, 0.25) is 0 Å². The van der Waals surface area contributed by atoms with Gasteiger partial charge in [-0.1, -0.05) is 18.2 Å². The number of nitrogens with zero attached hydrogens (tertiary/aromatic N) is 1. The smallest absolute Gasteiger partial charge is 0.237 e. The summed E-state index contributed by atoms with van der Waals surface area (Å²) in [5.41, 5.74) is -2.12. The van der Waals surface area contributed by atoms with Crippen molar-refractivity contribution in [2.24, 2.45) is 5.14 Å². The van der Waals surface area contributed by atoms with Crippen molar-refractivity contribution in [2.45, 2.75) is 12.1 Å². The molecule has 0 spiro atoms. The molecule has 0 aromatic heterocycles. The molecule has 1 aromatic rings. The minimum absolute atomic E-state index is 0.0380. The van der Waals surface area contributed by atoms with Crippen LogP contribution in [0.1, 0.15) is 12.0 Å². The molecule has 1 saturated heterocycles. The summed E-state index contributed by atoms with van der Waals surface area (Å²) in [5, 5.41) is 4.92. The first-order chi connectivity index (χ1) is 7.83. The van der Waals surface area contributed by atoms with Crippen LogP contribution in [-0.2, 0) is 15.9 Å². The second-order valence-corrected chi connectivity index (χ2v) is 5.62. The van der Waals surface area contributed by atoms with E-state index >= 15 is 0 Å². The molecule has 1 aliphatic heterocycles. The quantitative estimate of drug-likeness (QED) is 0.860. The lowest BCUT2D eigenvalue weighted by atomic mass is 9.94. The molecule has 1 atom stereocenters. The van der Waals surface area contributed by atoms with Crippen LogP contribution in [0.5, 0.6) is 0 Å². The highest BCUT2D eigenvalue weighted by Crippen LogP contribution is 2.37. The third-order valence-electron chi connectivity index (χ3n) is 2.90. The second-order valence-electron chi connectivity index (χ2n) is 4.07. The number of halogens is 2. The number of alkyl halides is 1. The van der Waals surface area contributed by atoms with E-state index in [0.29, 0.717) is 0 Å². The summed E-state index contributed by atoms with van der Waals surface area (Å²) in [6.45, 7) is -0.476. The van der Waals surface area contributed by atoms with Crippen LogP contribution >= 0.6 is 0 Å². The molecule has 1 fully saturated rings. The Bertz CT molecular complexity index is 535. The number of benzene rings is 1. The molecule has 7 heteroatoms. The van der Waals surface area contributed by atoms with Gasteiger partial charge in [-0.15, -0.1) is 0 Å². The van der Waals surface area contributed by atoms with Gasteiger partial charge in [-0.3, -0.25) is 0 Å². The number of rotatable bonds is 2. The fraction of sp³-hybridized carbons (Fsp3) is 0.400. The Morgan fingerprint density at radius 1 is 1.35 bits per heavy atom. The molecule has 2 N–H and O–H groups in total. The van der Waals surface area contributed by atoms with Crippen LogP contribution in [0.3, 0.4) is 0 Å². The zero-order valence-corrected chi connectivity index (χ0v) is 9.75. The van der Waals surface area contributed by atoms with Gasteiger partial charge in [-0.05, 0) is 6.07 Å². The maximum absolute atomic E-state index is 14.5. The molecule has 17 heavy (non-hydrogen) atoms. The highest BCUT2D eigenvalue weighted by atomic mass is 32.2. The van der Waals surface area contributed by atoms with E-state index in [0.717, 1.165) is 10.4 Å². The van der Waals surface area contributed by atoms with Gasteiger partial charge >= 0.3 is 0 Å². The highest BCUT2D eigenvalue weighted by Gasteiger charge is 2.44. The molecule has 94 valence electrons. The average Bonchev–Trinajstić information content (AvgIpc) is 2.62. The summed E-state index contributed by atoms with van der Waals surface area (Å²) < 4.78 is 50.9. The fourth-order valence-corrected chi connectivity index (χ4v) is 2.73. The topological polar surface area (TPSA) is 63.4 Å². The van der Waals surface area contributed by atoms with E-state index in [1.54, 1.807) is 0 Å². The molecular weight excluding hydrogens is 250 g/mol. The first-order valence-electron chi connectivity index (χ1n) is 5.05. The molecular formula is C10H12F2N2O2S. The largest absolute Gasteiger partial charge is 0.277 e. The monoisotopic (exact) mass is 262 g/mol. The predicted octanol–water partition coefficient (Wildman–Crippen LogP) is 0.900. The molecule has 1 heterocycles. The lowest BCUT2D eigenvalue weighted by molar-refractivity contribution is 0.177. The maximum Gasteiger partial charge on any atom is 0.277 e. The summed E-state index contributed by atoms with van der Waals surface area (Å²) in [7, 11) is -3.92. The normalized spacial score (nSPS) is 26.3. The zero-order chi connectivity index (χ0) is 12.7. The molecule has 1 aliphatic rings. The van der Waals surface area contributed by atoms with E-state index in [-0.39, 0.29) is 18.5 Å². The average molecular weight is 262 g/mol. The van der Waals surface area contributed by atoms with Crippen molar-refractivity contribution < 1.29 is 17.2 Å². The van der Waals surface area contributed by atoms with Gasteiger partial charge < -0.3 is 0 Å². The Morgan fingerprint density at radius 2 is 2.00 bits per heavy atom. The Labute approximate surface area is 98.2 Å². The summed E-state index contributed by atoms with van der Waals surface area (Å²) >= 11 is 0. The van der Waals surface area contributed by atoms with Gasteiger partial charge in [0.05, 0.1) is 6.54 Å². The minimum atomic E-state index is -3.92. The van der Waals surface area contributed by atoms with E-state index in [2.05, 4.69) is 0 Å². The Balaban J connectivity index is 2.32. The fourth-order valence-electron chi connectivity index (χ4n) is 2.00. The molecule has 0 radical (unpaired) electrons. The van der Waals surface area contributed by atoms with Crippen LogP contribution < -0.4 is 5.14 Å². The lowest BCUT2D eigenvalue weighted by Gasteiger charge is -2.20. The van der Waals surface area contributed by atoms with Crippen LogP contribution in [-0.4, -0.2) is 25.8 Å². The second kappa shape index (κ2) is 4.01. The van der Waals surface area contributed by atoms with Crippen LogP contribution in [0.2, 0.25) is 0 Å². The molecule has 0 aliphatic carbocycles. The molecule has 0 bridgehead atoms. The Hall–Kier alpha value is -1.05. The Morgan fingerprint density at radius 3 is 2.53 bits per heavy atom. The zero-order valence-electron chi connectivity index (χ0n) is 8.94. The van der Waals surface area contributed by atoms with Crippen LogP contribution in [0.25, 0.3) is 0 Å². The molecule has 1 aromatic carbocycles. The molecule has 0 amide bonds.